The fraction of sp³-hybridized carbons (Fsp3) is 0.462. The quantitative estimate of drug-likeness (QED) is 0.910. The summed E-state index contributed by atoms with van der Waals surface area (Å²) in [6.07, 6.45) is 3.40. The van der Waals surface area contributed by atoms with Gasteiger partial charge < -0.3 is 10.2 Å². The van der Waals surface area contributed by atoms with E-state index in [2.05, 4.69) is 32.6 Å². The second kappa shape index (κ2) is 5.97. The smallest absolute Gasteiger partial charge is 0.171 e. The molecule has 1 N–H and O–H groups in total. The molecule has 0 amide bonds. The van der Waals surface area contributed by atoms with E-state index in [0.717, 1.165) is 28.9 Å². The molecule has 1 unspecified atom stereocenters. The summed E-state index contributed by atoms with van der Waals surface area (Å²) < 4.78 is 0. The third kappa shape index (κ3) is 3.41. The molecule has 0 saturated heterocycles. The van der Waals surface area contributed by atoms with Crippen molar-refractivity contribution >= 4 is 23.0 Å². The van der Waals surface area contributed by atoms with E-state index >= 15 is 0 Å². The topological polar surface area (TPSA) is 53.9 Å². The lowest BCUT2D eigenvalue weighted by Gasteiger charge is -2.17. The van der Waals surface area contributed by atoms with Crippen LogP contribution in [-0.4, -0.2) is 35.6 Å². The molecule has 0 saturated carbocycles. The third-order valence-electron chi connectivity index (χ3n) is 2.74. The molecule has 2 rings (SSSR count). The van der Waals surface area contributed by atoms with Crippen LogP contribution in [0, 0.1) is 6.92 Å². The number of hydrogen-bond donors (Lipinski definition) is 1. The van der Waals surface area contributed by atoms with E-state index in [1.165, 1.54) is 0 Å². The highest BCUT2D eigenvalue weighted by atomic mass is 32.1. The highest BCUT2D eigenvalue weighted by Crippen LogP contribution is 2.22. The summed E-state index contributed by atoms with van der Waals surface area (Å²) in [7, 11) is 3.92. The number of aryl methyl sites for hydroxylation is 1. The fourth-order valence-electron chi connectivity index (χ4n) is 1.72. The predicted molar refractivity (Wildman–Crippen MR) is 80.1 cm³/mol. The largest absolute Gasteiger partial charge is 0.366 e. The van der Waals surface area contributed by atoms with Gasteiger partial charge in [-0.2, -0.15) is 0 Å². The maximum absolute atomic E-state index is 4.51. The van der Waals surface area contributed by atoms with E-state index in [4.69, 9.17) is 0 Å². The number of hydrogen-bond acceptors (Lipinski definition) is 6. The Hall–Kier alpha value is -1.69. The summed E-state index contributed by atoms with van der Waals surface area (Å²) in [5.41, 5.74) is 1.08. The van der Waals surface area contributed by atoms with Crippen molar-refractivity contribution in [3.05, 3.63) is 28.5 Å². The molecule has 1 atom stereocenters. The number of aromatic nitrogens is 3. The van der Waals surface area contributed by atoms with Gasteiger partial charge in [-0.25, -0.2) is 15.0 Å². The molecule has 0 aromatic carbocycles. The summed E-state index contributed by atoms with van der Waals surface area (Å²) in [4.78, 5) is 15.1. The monoisotopic (exact) mass is 277 g/mol. The van der Waals surface area contributed by atoms with Crippen LogP contribution in [0.2, 0.25) is 0 Å². The van der Waals surface area contributed by atoms with Crippen LogP contribution in [0.25, 0.3) is 0 Å². The van der Waals surface area contributed by atoms with Gasteiger partial charge >= 0.3 is 0 Å². The average molecular weight is 277 g/mol. The molecule has 19 heavy (non-hydrogen) atoms. The molecule has 2 aromatic heterocycles. The normalized spacial score (nSPS) is 12.2. The molecule has 2 aromatic rings. The Balaban J connectivity index is 2.03. The van der Waals surface area contributed by atoms with Crippen LogP contribution < -0.4 is 10.2 Å². The average Bonchev–Trinajstić information content (AvgIpc) is 2.83. The van der Waals surface area contributed by atoms with Crippen LogP contribution in [0.5, 0.6) is 0 Å². The molecule has 0 radical (unpaired) electrons. The van der Waals surface area contributed by atoms with Crippen molar-refractivity contribution in [2.75, 3.05) is 30.9 Å². The van der Waals surface area contributed by atoms with Crippen LogP contribution in [-0.2, 0) is 0 Å². The van der Waals surface area contributed by atoms with Gasteiger partial charge in [-0.05, 0) is 6.92 Å². The molecule has 2 heterocycles. The molecule has 0 aliphatic rings. The van der Waals surface area contributed by atoms with Crippen molar-refractivity contribution in [2.45, 2.75) is 19.8 Å². The Kier molecular flexibility index (Phi) is 4.31. The molecule has 0 fully saturated rings. The Labute approximate surface area is 117 Å². The molecule has 0 bridgehead atoms. The number of anilines is 2. The van der Waals surface area contributed by atoms with Crippen molar-refractivity contribution < 1.29 is 0 Å². The number of nitrogens with zero attached hydrogens (tertiary/aromatic N) is 4. The van der Waals surface area contributed by atoms with Crippen LogP contribution in [0.1, 0.15) is 23.5 Å². The third-order valence-corrected chi connectivity index (χ3v) is 3.93. The van der Waals surface area contributed by atoms with E-state index in [9.17, 15) is 0 Å². The van der Waals surface area contributed by atoms with Crippen molar-refractivity contribution in [3.63, 3.8) is 0 Å². The van der Waals surface area contributed by atoms with Gasteiger partial charge in [0.05, 0.1) is 5.01 Å². The lowest BCUT2D eigenvalue weighted by molar-refractivity contribution is 0.787. The van der Waals surface area contributed by atoms with Gasteiger partial charge in [0.15, 0.2) is 11.6 Å². The van der Waals surface area contributed by atoms with E-state index < -0.39 is 0 Å². The zero-order valence-electron chi connectivity index (χ0n) is 11.7. The van der Waals surface area contributed by atoms with Crippen molar-refractivity contribution in [1.82, 2.24) is 15.0 Å². The van der Waals surface area contributed by atoms with E-state index in [1.807, 2.05) is 25.9 Å². The number of thiazole rings is 1. The molecular weight excluding hydrogens is 258 g/mol. The van der Waals surface area contributed by atoms with Crippen LogP contribution in [0.3, 0.4) is 0 Å². The molecule has 6 heteroatoms. The SMILES string of the molecule is Cc1csc(C(C)CNc2nccnc2N(C)C)n1. The molecule has 0 aliphatic carbocycles. The summed E-state index contributed by atoms with van der Waals surface area (Å²) in [5.74, 6) is 2.02. The zero-order chi connectivity index (χ0) is 13.8. The number of nitrogens with one attached hydrogen (secondary N) is 1. The van der Waals surface area contributed by atoms with Crippen LogP contribution in [0.4, 0.5) is 11.6 Å². The van der Waals surface area contributed by atoms with Gasteiger partial charge in [-0.1, -0.05) is 6.92 Å². The van der Waals surface area contributed by atoms with Gasteiger partial charge in [0.1, 0.15) is 0 Å². The minimum Gasteiger partial charge on any atom is -0.366 e. The molecule has 5 nitrogen and oxygen atoms in total. The first-order valence-electron chi connectivity index (χ1n) is 6.22. The molecule has 0 spiro atoms. The maximum Gasteiger partial charge on any atom is 0.171 e. The predicted octanol–water partition coefficient (Wildman–Crippen LogP) is 2.52. The number of rotatable bonds is 5. The van der Waals surface area contributed by atoms with Gasteiger partial charge in [0.2, 0.25) is 0 Å². The first-order valence-corrected chi connectivity index (χ1v) is 7.10. The second-order valence-corrected chi connectivity index (χ2v) is 5.62. The summed E-state index contributed by atoms with van der Waals surface area (Å²) in [6, 6.07) is 0. The Morgan fingerprint density at radius 3 is 2.68 bits per heavy atom. The van der Waals surface area contributed by atoms with Crippen molar-refractivity contribution in [2.24, 2.45) is 0 Å². The standard InChI is InChI=1S/C13H19N5S/c1-9(13-17-10(2)8-19-13)7-16-11-12(18(3)4)15-6-5-14-11/h5-6,8-9H,7H2,1-4H3,(H,14,16). The van der Waals surface area contributed by atoms with Gasteiger partial charge in [-0.15, -0.1) is 11.3 Å². The van der Waals surface area contributed by atoms with Crippen molar-refractivity contribution in [3.8, 4) is 0 Å². The summed E-state index contributed by atoms with van der Waals surface area (Å²) in [5, 5.41) is 6.59. The molecule has 102 valence electrons. The van der Waals surface area contributed by atoms with E-state index in [0.29, 0.717) is 5.92 Å². The van der Waals surface area contributed by atoms with E-state index in [-0.39, 0.29) is 0 Å². The Morgan fingerprint density at radius 1 is 1.32 bits per heavy atom. The minimum atomic E-state index is 0.357. The van der Waals surface area contributed by atoms with Crippen LogP contribution in [0.15, 0.2) is 17.8 Å². The van der Waals surface area contributed by atoms with E-state index in [1.54, 1.807) is 23.7 Å². The minimum absolute atomic E-state index is 0.357. The van der Waals surface area contributed by atoms with Gasteiger partial charge in [-0.3, -0.25) is 0 Å². The summed E-state index contributed by atoms with van der Waals surface area (Å²) in [6.45, 7) is 4.98. The maximum atomic E-state index is 4.51. The first-order chi connectivity index (χ1) is 9.08. The summed E-state index contributed by atoms with van der Waals surface area (Å²) >= 11 is 1.71. The lowest BCUT2D eigenvalue weighted by atomic mass is 10.2. The highest BCUT2D eigenvalue weighted by Gasteiger charge is 2.12. The highest BCUT2D eigenvalue weighted by molar-refractivity contribution is 7.09. The Bertz CT molecular complexity index is 537. The lowest BCUT2D eigenvalue weighted by Crippen LogP contribution is -2.17. The Morgan fingerprint density at radius 2 is 2.05 bits per heavy atom. The van der Waals surface area contributed by atoms with Gasteiger partial charge in [0, 0.05) is 50.0 Å². The first kappa shape index (κ1) is 13.7. The van der Waals surface area contributed by atoms with Crippen molar-refractivity contribution in [1.29, 1.82) is 0 Å². The molecule has 0 aliphatic heterocycles. The van der Waals surface area contributed by atoms with Gasteiger partial charge in [0.25, 0.3) is 0 Å². The fourth-order valence-corrected chi connectivity index (χ4v) is 2.57. The zero-order valence-corrected chi connectivity index (χ0v) is 12.5. The van der Waals surface area contributed by atoms with Crippen LogP contribution >= 0.6 is 11.3 Å². The second-order valence-electron chi connectivity index (χ2n) is 4.73. The molecular formula is C13H19N5S.